The van der Waals surface area contributed by atoms with Crippen molar-refractivity contribution in [1.29, 1.82) is 0 Å². The number of hydrogen-bond acceptors (Lipinski definition) is 2. The average molecular weight is 191 g/mol. The maximum Gasteiger partial charge on any atom is 0.321 e. The van der Waals surface area contributed by atoms with Gasteiger partial charge in [-0.1, -0.05) is 0 Å². The Morgan fingerprint density at radius 3 is 3.14 bits per heavy atom. The second kappa shape index (κ2) is 3.65. The first-order valence-electron chi connectivity index (χ1n) is 4.76. The molecule has 1 aromatic rings. The van der Waals surface area contributed by atoms with Crippen LogP contribution in [0.4, 0.5) is 10.5 Å². The Labute approximate surface area is 82.9 Å². The number of urea groups is 1. The average Bonchev–Trinajstić information content (AvgIpc) is 2.20. The van der Waals surface area contributed by atoms with Crippen molar-refractivity contribution >= 4 is 11.7 Å². The van der Waals surface area contributed by atoms with E-state index in [1.165, 1.54) is 0 Å². The predicted molar refractivity (Wildman–Crippen MR) is 54.3 cm³/mol. The molecule has 0 spiro atoms. The molecular formula is C10H13N3O. The van der Waals surface area contributed by atoms with E-state index >= 15 is 0 Å². The van der Waals surface area contributed by atoms with Gasteiger partial charge in [-0.3, -0.25) is 9.88 Å². The maximum absolute atomic E-state index is 11.5. The molecule has 0 aromatic carbocycles. The molecule has 0 saturated carbocycles. The van der Waals surface area contributed by atoms with Gasteiger partial charge in [-0.05, 0) is 25.5 Å². The summed E-state index contributed by atoms with van der Waals surface area (Å²) in [5.74, 6) is 0. The molecule has 74 valence electrons. The number of nitrogens with zero attached hydrogens (tertiary/aromatic N) is 2. The largest absolute Gasteiger partial charge is 0.338 e. The minimum absolute atomic E-state index is 0.0210. The monoisotopic (exact) mass is 191 g/mol. The number of aromatic nitrogens is 1. The Kier molecular flexibility index (Phi) is 2.35. The third kappa shape index (κ3) is 1.55. The zero-order valence-electron chi connectivity index (χ0n) is 8.16. The van der Waals surface area contributed by atoms with Crippen molar-refractivity contribution in [3.05, 3.63) is 24.0 Å². The number of nitrogens with one attached hydrogen (secondary N) is 1. The molecule has 1 aliphatic rings. The molecule has 1 saturated heterocycles. The van der Waals surface area contributed by atoms with Crippen molar-refractivity contribution in [2.24, 2.45) is 0 Å². The van der Waals surface area contributed by atoms with Crippen LogP contribution < -0.4 is 10.2 Å². The van der Waals surface area contributed by atoms with Gasteiger partial charge >= 0.3 is 6.03 Å². The molecule has 2 heterocycles. The summed E-state index contributed by atoms with van der Waals surface area (Å²) in [6.07, 6.45) is 2.72. The fourth-order valence-electron chi connectivity index (χ4n) is 1.62. The zero-order valence-corrected chi connectivity index (χ0v) is 8.16. The summed E-state index contributed by atoms with van der Waals surface area (Å²) in [7, 11) is 0. The van der Waals surface area contributed by atoms with E-state index < -0.39 is 0 Å². The molecule has 0 aliphatic carbocycles. The lowest BCUT2D eigenvalue weighted by Gasteiger charge is -2.28. The van der Waals surface area contributed by atoms with E-state index in [0.717, 1.165) is 30.9 Å². The normalized spacial score (nSPS) is 16.6. The van der Waals surface area contributed by atoms with Gasteiger partial charge in [0.15, 0.2) is 0 Å². The lowest BCUT2D eigenvalue weighted by atomic mass is 10.2. The number of rotatable bonds is 1. The van der Waals surface area contributed by atoms with Crippen LogP contribution in [0.5, 0.6) is 0 Å². The first kappa shape index (κ1) is 8.99. The Bertz CT molecular complexity index is 351. The number of carbonyl (C=O) groups excluding carboxylic acids is 1. The highest BCUT2D eigenvalue weighted by Gasteiger charge is 2.20. The minimum atomic E-state index is -0.0210. The van der Waals surface area contributed by atoms with Crippen molar-refractivity contribution in [2.45, 2.75) is 13.3 Å². The SMILES string of the molecule is Cc1ncccc1N1CCCNC1=O. The summed E-state index contributed by atoms with van der Waals surface area (Å²) < 4.78 is 0. The van der Waals surface area contributed by atoms with E-state index in [1.54, 1.807) is 11.1 Å². The summed E-state index contributed by atoms with van der Waals surface area (Å²) in [6, 6.07) is 3.75. The van der Waals surface area contributed by atoms with E-state index in [-0.39, 0.29) is 6.03 Å². The molecule has 0 bridgehead atoms. The van der Waals surface area contributed by atoms with Crippen LogP contribution in [0.1, 0.15) is 12.1 Å². The molecular weight excluding hydrogens is 178 g/mol. The van der Waals surface area contributed by atoms with Gasteiger partial charge in [0.1, 0.15) is 0 Å². The Morgan fingerprint density at radius 2 is 2.43 bits per heavy atom. The van der Waals surface area contributed by atoms with Gasteiger partial charge in [0, 0.05) is 19.3 Å². The quantitative estimate of drug-likeness (QED) is 0.727. The first-order valence-corrected chi connectivity index (χ1v) is 4.76. The van der Waals surface area contributed by atoms with Crippen molar-refractivity contribution < 1.29 is 4.79 Å². The highest BCUT2D eigenvalue weighted by molar-refractivity contribution is 5.93. The van der Waals surface area contributed by atoms with Crippen molar-refractivity contribution in [1.82, 2.24) is 10.3 Å². The van der Waals surface area contributed by atoms with Crippen LogP contribution in [0.2, 0.25) is 0 Å². The first-order chi connectivity index (χ1) is 6.79. The number of amides is 2. The van der Waals surface area contributed by atoms with Crippen LogP contribution in [0.15, 0.2) is 18.3 Å². The lowest BCUT2D eigenvalue weighted by molar-refractivity contribution is 0.243. The minimum Gasteiger partial charge on any atom is -0.338 e. The molecule has 1 aliphatic heterocycles. The van der Waals surface area contributed by atoms with Crippen LogP contribution in [0, 0.1) is 6.92 Å². The molecule has 14 heavy (non-hydrogen) atoms. The van der Waals surface area contributed by atoms with Gasteiger partial charge in [-0.25, -0.2) is 4.79 Å². The van der Waals surface area contributed by atoms with Gasteiger partial charge in [-0.15, -0.1) is 0 Å². The van der Waals surface area contributed by atoms with Crippen LogP contribution in [0.25, 0.3) is 0 Å². The molecule has 1 aromatic heterocycles. The summed E-state index contributed by atoms with van der Waals surface area (Å²) in [5, 5.41) is 2.82. The highest BCUT2D eigenvalue weighted by atomic mass is 16.2. The van der Waals surface area contributed by atoms with Crippen molar-refractivity contribution in [3.8, 4) is 0 Å². The topological polar surface area (TPSA) is 45.2 Å². The molecule has 2 amide bonds. The number of carbonyl (C=O) groups is 1. The third-order valence-electron chi connectivity index (χ3n) is 2.35. The van der Waals surface area contributed by atoms with Crippen LogP contribution >= 0.6 is 0 Å². The molecule has 0 radical (unpaired) electrons. The number of aryl methyl sites for hydroxylation is 1. The molecule has 2 rings (SSSR count). The summed E-state index contributed by atoms with van der Waals surface area (Å²) in [4.78, 5) is 17.4. The lowest BCUT2D eigenvalue weighted by Crippen LogP contribution is -2.46. The van der Waals surface area contributed by atoms with E-state index in [9.17, 15) is 4.79 Å². The van der Waals surface area contributed by atoms with Gasteiger partial charge < -0.3 is 5.32 Å². The molecule has 1 N–H and O–H groups in total. The second-order valence-electron chi connectivity index (χ2n) is 3.35. The van der Waals surface area contributed by atoms with Gasteiger partial charge in [0.25, 0.3) is 0 Å². The summed E-state index contributed by atoms with van der Waals surface area (Å²) in [6.45, 7) is 3.46. The number of pyridine rings is 1. The summed E-state index contributed by atoms with van der Waals surface area (Å²) in [5.41, 5.74) is 1.80. The molecule has 4 nitrogen and oxygen atoms in total. The van der Waals surface area contributed by atoms with Gasteiger partial charge in [-0.2, -0.15) is 0 Å². The van der Waals surface area contributed by atoms with Crippen molar-refractivity contribution in [3.63, 3.8) is 0 Å². The van der Waals surface area contributed by atoms with E-state index in [4.69, 9.17) is 0 Å². The molecule has 1 fully saturated rings. The highest BCUT2D eigenvalue weighted by Crippen LogP contribution is 2.18. The molecule has 0 atom stereocenters. The van der Waals surface area contributed by atoms with Crippen LogP contribution in [-0.4, -0.2) is 24.1 Å². The standard InChI is InChI=1S/C10H13N3O/c1-8-9(4-2-5-11-8)13-7-3-6-12-10(13)14/h2,4-5H,3,6-7H2,1H3,(H,12,14). The van der Waals surface area contributed by atoms with E-state index in [1.807, 2.05) is 19.1 Å². The Morgan fingerprint density at radius 1 is 1.57 bits per heavy atom. The predicted octanol–water partition coefficient (Wildman–Crippen LogP) is 1.31. The molecule has 4 heteroatoms. The molecule has 0 unspecified atom stereocenters. The third-order valence-corrected chi connectivity index (χ3v) is 2.35. The van der Waals surface area contributed by atoms with E-state index in [2.05, 4.69) is 10.3 Å². The van der Waals surface area contributed by atoms with Crippen LogP contribution in [-0.2, 0) is 0 Å². The van der Waals surface area contributed by atoms with Crippen molar-refractivity contribution in [2.75, 3.05) is 18.0 Å². The second-order valence-corrected chi connectivity index (χ2v) is 3.35. The maximum atomic E-state index is 11.5. The van der Waals surface area contributed by atoms with E-state index in [0.29, 0.717) is 0 Å². The van der Waals surface area contributed by atoms with Gasteiger partial charge in [0.2, 0.25) is 0 Å². The number of anilines is 1. The Balaban J connectivity index is 2.29. The Hall–Kier alpha value is -1.58. The fraction of sp³-hybridized carbons (Fsp3) is 0.400. The summed E-state index contributed by atoms with van der Waals surface area (Å²) >= 11 is 0. The van der Waals surface area contributed by atoms with Crippen LogP contribution in [0.3, 0.4) is 0 Å². The fourth-order valence-corrected chi connectivity index (χ4v) is 1.62. The smallest absolute Gasteiger partial charge is 0.321 e. The van der Waals surface area contributed by atoms with Gasteiger partial charge in [0.05, 0.1) is 11.4 Å². The zero-order chi connectivity index (χ0) is 9.97. The number of hydrogen-bond donors (Lipinski definition) is 1.